The molecule has 24 heavy (non-hydrogen) atoms. The van der Waals surface area contributed by atoms with Gasteiger partial charge in [-0.1, -0.05) is 12.1 Å². The Labute approximate surface area is 150 Å². The summed E-state index contributed by atoms with van der Waals surface area (Å²) in [5.74, 6) is 0.458. The second kappa shape index (κ2) is 8.70. The lowest BCUT2D eigenvalue weighted by atomic mass is 10.2. The number of nitrogens with zero attached hydrogens (tertiary/aromatic N) is 1. The molecule has 1 fully saturated rings. The summed E-state index contributed by atoms with van der Waals surface area (Å²) in [6.45, 7) is 3.35. The van der Waals surface area contributed by atoms with Gasteiger partial charge in [-0.2, -0.15) is 0 Å². The first kappa shape index (κ1) is 18.3. The van der Waals surface area contributed by atoms with Gasteiger partial charge < -0.3 is 15.4 Å². The predicted molar refractivity (Wildman–Crippen MR) is 99.9 cm³/mol. The van der Waals surface area contributed by atoms with Crippen molar-refractivity contribution < 1.29 is 14.3 Å². The van der Waals surface area contributed by atoms with Gasteiger partial charge in [0.25, 0.3) is 11.1 Å². The summed E-state index contributed by atoms with van der Waals surface area (Å²) in [6.07, 6.45) is 1.71. The van der Waals surface area contributed by atoms with Crippen molar-refractivity contribution in [3.8, 4) is 5.75 Å². The number of thiocarbonyl (C=S) groups is 1. The van der Waals surface area contributed by atoms with Crippen molar-refractivity contribution in [1.82, 2.24) is 15.5 Å². The van der Waals surface area contributed by atoms with Crippen molar-refractivity contribution in [2.45, 2.75) is 6.92 Å². The van der Waals surface area contributed by atoms with Gasteiger partial charge in [0.1, 0.15) is 5.75 Å². The van der Waals surface area contributed by atoms with Crippen molar-refractivity contribution in [3.05, 3.63) is 34.7 Å². The molecule has 0 bridgehead atoms. The largest absolute Gasteiger partial charge is 0.497 e. The molecule has 1 aromatic carbocycles. The fraction of sp³-hybridized carbons (Fsp3) is 0.312. The first-order chi connectivity index (χ1) is 11.5. The number of thioether (sulfide) groups is 1. The number of hydrogen-bond donors (Lipinski definition) is 2. The third-order valence-corrected chi connectivity index (χ3v) is 4.44. The summed E-state index contributed by atoms with van der Waals surface area (Å²) < 4.78 is 5.10. The van der Waals surface area contributed by atoms with Crippen LogP contribution < -0.4 is 15.4 Å². The van der Waals surface area contributed by atoms with Crippen LogP contribution in [-0.4, -0.2) is 47.9 Å². The standard InChI is InChI=1S/C16H19N3O3S2/c1-3-17-15(23)18-8-9-19-14(20)13(24-16(19)21)10-11-4-6-12(22-2)7-5-11/h4-7,10H,3,8-9H2,1-2H3,(H2,17,18,23)/b13-10-. The minimum atomic E-state index is -0.281. The molecule has 2 amide bonds. The molecule has 1 aliphatic heterocycles. The van der Waals surface area contributed by atoms with E-state index in [1.54, 1.807) is 13.2 Å². The van der Waals surface area contributed by atoms with E-state index in [0.29, 0.717) is 16.6 Å². The topological polar surface area (TPSA) is 70.7 Å². The molecule has 8 heteroatoms. The Hall–Kier alpha value is -2.06. The molecular weight excluding hydrogens is 346 g/mol. The zero-order valence-corrected chi connectivity index (χ0v) is 15.1. The molecule has 0 aromatic heterocycles. The van der Waals surface area contributed by atoms with Crippen molar-refractivity contribution in [2.75, 3.05) is 26.7 Å². The Kier molecular flexibility index (Phi) is 6.62. The van der Waals surface area contributed by atoms with Gasteiger partial charge in [0.15, 0.2) is 5.11 Å². The summed E-state index contributed by atoms with van der Waals surface area (Å²) in [4.78, 5) is 26.0. The van der Waals surface area contributed by atoms with Crippen molar-refractivity contribution in [1.29, 1.82) is 0 Å². The van der Waals surface area contributed by atoms with Crippen LogP contribution in [0.4, 0.5) is 4.79 Å². The van der Waals surface area contributed by atoms with Gasteiger partial charge in [0.2, 0.25) is 0 Å². The van der Waals surface area contributed by atoms with Crippen LogP contribution in [0.2, 0.25) is 0 Å². The number of ether oxygens (including phenoxy) is 1. The third-order valence-electron chi connectivity index (χ3n) is 3.25. The van der Waals surface area contributed by atoms with E-state index in [0.717, 1.165) is 29.6 Å². The second-order valence-corrected chi connectivity index (χ2v) is 6.29. The van der Waals surface area contributed by atoms with Gasteiger partial charge in [-0.15, -0.1) is 0 Å². The molecule has 2 N–H and O–H groups in total. The zero-order valence-electron chi connectivity index (χ0n) is 13.5. The van der Waals surface area contributed by atoms with Gasteiger partial charge in [-0.25, -0.2) is 0 Å². The van der Waals surface area contributed by atoms with Crippen LogP contribution >= 0.6 is 24.0 Å². The van der Waals surface area contributed by atoms with E-state index in [1.807, 2.05) is 31.2 Å². The molecule has 0 aliphatic carbocycles. The van der Waals surface area contributed by atoms with Crippen molar-refractivity contribution >= 4 is 46.3 Å². The fourth-order valence-electron chi connectivity index (χ4n) is 2.05. The van der Waals surface area contributed by atoms with Crippen LogP contribution in [0.5, 0.6) is 5.75 Å². The first-order valence-electron chi connectivity index (χ1n) is 7.46. The van der Waals surface area contributed by atoms with E-state index in [-0.39, 0.29) is 17.7 Å². The summed E-state index contributed by atoms with van der Waals surface area (Å²) >= 11 is 5.99. The highest BCUT2D eigenvalue weighted by atomic mass is 32.2. The molecule has 0 radical (unpaired) electrons. The number of methoxy groups -OCH3 is 1. The number of benzene rings is 1. The zero-order chi connectivity index (χ0) is 17.5. The maximum Gasteiger partial charge on any atom is 0.293 e. The normalized spacial score (nSPS) is 15.8. The second-order valence-electron chi connectivity index (χ2n) is 4.89. The van der Waals surface area contributed by atoms with E-state index in [1.165, 1.54) is 4.90 Å². The van der Waals surface area contributed by atoms with Crippen LogP contribution in [0.1, 0.15) is 12.5 Å². The Bertz CT molecular complexity index is 659. The van der Waals surface area contributed by atoms with Gasteiger partial charge in [0, 0.05) is 19.6 Å². The highest BCUT2D eigenvalue weighted by molar-refractivity contribution is 8.18. The van der Waals surface area contributed by atoms with Gasteiger partial charge in [0.05, 0.1) is 12.0 Å². The average Bonchev–Trinajstić information content (AvgIpc) is 2.83. The predicted octanol–water partition coefficient (Wildman–Crippen LogP) is 2.22. The number of rotatable bonds is 6. The fourth-order valence-corrected chi connectivity index (χ4v) is 3.16. The molecule has 128 valence electrons. The molecule has 1 aromatic rings. The molecule has 2 rings (SSSR count). The van der Waals surface area contributed by atoms with Gasteiger partial charge in [-0.3, -0.25) is 14.5 Å². The lowest BCUT2D eigenvalue weighted by Gasteiger charge is -2.14. The maximum atomic E-state index is 12.4. The summed E-state index contributed by atoms with van der Waals surface area (Å²) in [5, 5.41) is 6.15. The molecule has 6 nitrogen and oxygen atoms in total. The highest BCUT2D eigenvalue weighted by Gasteiger charge is 2.34. The number of imide groups is 1. The number of carbonyl (C=O) groups excluding carboxylic acids is 2. The number of amides is 2. The summed E-state index contributed by atoms with van der Waals surface area (Å²) in [7, 11) is 1.59. The minimum absolute atomic E-state index is 0.268. The van der Waals surface area contributed by atoms with Crippen molar-refractivity contribution in [2.24, 2.45) is 0 Å². The van der Waals surface area contributed by atoms with Gasteiger partial charge >= 0.3 is 0 Å². The molecule has 1 aliphatic rings. The van der Waals surface area contributed by atoms with Crippen LogP contribution in [0.3, 0.4) is 0 Å². The van der Waals surface area contributed by atoms with E-state index in [4.69, 9.17) is 17.0 Å². The molecule has 0 spiro atoms. The summed E-state index contributed by atoms with van der Waals surface area (Å²) in [6, 6.07) is 7.29. The molecule has 0 saturated carbocycles. The first-order valence-corrected chi connectivity index (χ1v) is 8.68. The highest BCUT2D eigenvalue weighted by Crippen LogP contribution is 2.32. The molecule has 0 unspecified atom stereocenters. The lowest BCUT2D eigenvalue weighted by Crippen LogP contribution is -2.41. The Balaban J connectivity index is 1.97. The molecule has 0 atom stereocenters. The quantitative estimate of drug-likeness (QED) is 0.592. The molecular formula is C16H19N3O3S2. The van der Waals surface area contributed by atoms with E-state index in [9.17, 15) is 9.59 Å². The Morgan fingerprint density at radius 3 is 2.62 bits per heavy atom. The van der Waals surface area contributed by atoms with E-state index < -0.39 is 0 Å². The van der Waals surface area contributed by atoms with Gasteiger partial charge in [-0.05, 0) is 54.7 Å². The van der Waals surface area contributed by atoms with Crippen LogP contribution in [0, 0.1) is 0 Å². The third kappa shape index (κ3) is 4.72. The smallest absolute Gasteiger partial charge is 0.293 e. The summed E-state index contributed by atoms with van der Waals surface area (Å²) in [5.41, 5.74) is 0.841. The maximum absolute atomic E-state index is 12.4. The monoisotopic (exact) mass is 365 g/mol. The Morgan fingerprint density at radius 1 is 1.29 bits per heavy atom. The van der Waals surface area contributed by atoms with E-state index >= 15 is 0 Å². The van der Waals surface area contributed by atoms with Crippen LogP contribution in [0.25, 0.3) is 6.08 Å². The number of nitrogens with one attached hydrogen (secondary N) is 2. The minimum Gasteiger partial charge on any atom is -0.497 e. The van der Waals surface area contributed by atoms with E-state index in [2.05, 4.69) is 10.6 Å². The molecule has 1 saturated heterocycles. The Morgan fingerprint density at radius 2 is 2.00 bits per heavy atom. The average molecular weight is 365 g/mol. The lowest BCUT2D eigenvalue weighted by molar-refractivity contribution is -0.122. The number of hydrogen-bond acceptors (Lipinski definition) is 5. The molecule has 1 heterocycles. The van der Waals surface area contributed by atoms with Crippen LogP contribution in [0.15, 0.2) is 29.2 Å². The number of carbonyl (C=O) groups is 2. The van der Waals surface area contributed by atoms with Crippen molar-refractivity contribution in [3.63, 3.8) is 0 Å². The SMILES string of the molecule is CCNC(=S)NCCN1C(=O)S/C(=C\c2ccc(OC)cc2)C1=O. The van der Waals surface area contributed by atoms with Crippen LogP contribution in [-0.2, 0) is 4.79 Å².